The van der Waals surface area contributed by atoms with Crippen LogP contribution in [0.4, 0.5) is 0 Å². The van der Waals surface area contributed by atoms with Crippen molar-refractivity contribution in [2.75, 3.05) is 0 Å². The number of rotatable bonds is 5. The van der Waals surface area contributed by atoms with Gasteiger partial charge in [-0.3, -0.25) is 4.79 Å². The highest BCUT2D eigenvalue weighted by molar-refractivity contribution is 5.69. The highest BCUT2D eigenvalue weighted by atomic mass is 16.5. The Morgan fingerprint density at radius 1 is 1.21 bits per heavy atom. The quantitative estimate of drug-likeness (QED) is 0.634. The molecule has 0 rings (SSSR count). The van der Waals surface area contributed by atoms with E-state index in [9.17, 15) is 4.79 Å². The molecule has 2 heteroatoms. The molecule has 0 saturated carbocycles. The van der Waals surface area contributed by atoms with E-state index in [1.54, 1.807) is 0 Å². The van der Waals surface area contributed by atoms with Gasteiger partial charge in [0.1, 0.15) is 6.10 Å². The van der Waals surface area contributed by atoms with Crippen molar-refractivity contribution in [1.82, 2.24) is 0 Å². The molecule has 1 atom stereocenters. The van der Waals surface area contributed by atoms with Gasteiger partial charge in [0, 0.05) is 6.42 Å². The van der Waals surface area contributed by atoms with Crippen molar-refractivity contribution in [3.8, 4) is 0 Å². The Bertz CT molecular complexity index is 168. The van der Waals surface area contributed by atoms with Crippen LogP contribution in [-0.2, 0) is 9.53 Å². The molecular weight excluding hydrogens is 176 g/mol. The van der Waals surface area contributed by atoms with Crippen molar-refractivity contribution in [2.24, 2.45) is 5.41 Å². The van der Waals surface area contributed by atoms with E-state index in [1.165, 1.54) is 0 Å². The van der Waals surface area contributed by atoms with E-state index in [2.05, 4.69) is 27.7 Å². The van der Waals surface area contributed by atoms with Crippen LogP contribution in [0.2, 0.25) is 0 Å². The van der Waals surface area contributed by atoms with E-state index in [4.69, 9.17) is 4.74 Å². The number of hydrogen-bond acceptors (Lipinski definition) is 2. The Kier molecular flexibility index (Phi) is 5.82. The number of carbonyl (C=O) groups is 1. The van der Waals surface area contributed by atoms with Gasteiger partial charge >= 0.3 is 5.97 Å². The third kappa shape index (κ3) is 5.25. The first-order valence-corrected chi connectivity index (χ1v) is 5.61. The summed E-state index contributed by atoms with van der Waals surface area (Å²) in [6, 6.07) is 0. The van der Waals surface area contributed by atoms with Crippen LogP contribution >= 0.6 is 0 Å². The zero-order chi connectivity index (χ0) is 11.2. The molecule has 0 amide bonds. The molecule has 2 nitrogen and oxygen atoms in total. The highest BCUT2D eigenvalue weighted by Gasteiger charge is 2.26. The molecule has 14 heavy (non-hydrogen) atoms. The van der Waals surface area contributed by atoms with E-state index in [0.717, 1.165) is 19.3 Å². The molecule has 84 valence electrons. The molecule has 0 aliphatic carbocycles. The normalized spacial score (nSPS) is 13.8. The van der Waals surface area contributed by atoms with Crippen LogP contribution in [-0.4, -0.2) is 12.1 Å². The molecule has 1 unspecified atom stereocenters. The Hall–Kier alpha value is -0.530. The zero-order valence-electron chi connectivity index (χ0n) is 10.2. The molecule has 0 saturated heterocycles. The van der Waals surface area contributed by atoms with Crippen molar-refractivity contribution in [3.63, 3.8) is 0 Å². The van der Waals surface area contributed by atoms with E-state index >= 15 is 0 Å². The summed E-state index contributed by atoms with van der Waals surface area (Å²) < 4.78 is 5.46. The van der Waals surface area contributed by atoms with Gasteiger partial charge in [-0.05, 0) is 18.3 Å². The average Bonchev–Trinajstić information content (AvgIpc) is 2.02. The predicted octanol–water partition coefficient (Wildman–Crippen LogP) is 3.54. The van der Waals surface area contributed by atoms with Gasteiger partial charge in [-0.2, -0.15) is 0 Å². The molecule has 0 heterocycles. The maximum absolute atomic E-state index is 11.4. The molecule has 0 spiro atoms. The molecular formula is C12H24O2. The molecule has 0 aromatic carbocycles. The van der Waals surface area contributed by atoms with Crippen LogP contribution in [0.15, 0.2) is 0 Å². The lowest BCUT2D eigenvalue weighted by Crippen LogP contribution is -2.31. The number of carbonyl (C=O) groups excluding carboxylic acids is 1. The molecule has 0 radical (unpaired) electrons. The summed E-state index contributed by atoms with van der Waals surface area (Å²) in [5.74, 6) is -0.0547. The Morgan fingerprint density at radius 2 is 1.79 bits per heavy atom. The number of ether oxygens (including phenoxy) is 1. The fourth-order valence-corrected chi connectivity index (χ4v) is 1.35. The summed E-state index contributed by atoms with van der Waals surface area (Å²) in [5, 5.41) is 0. The third-order valence-electron chi connectivity index (χ3n) is 2.24. The summed E-state index contributed by atoms with van der Waals surface area (Å²) in [5.41, 5.74) is 0.0550. The Balaban J connectivity index is 4.16. The lowest BCUT2D eigenvalue weighted by molar-refractivity contribution is -0.155. The van der Waals surface area contributed by atoms with Gasteiger partial charge in [-0.1, -0.05) is 41.0 Å². The Labute approximate surface area is 88.0 Å². The summed E-state index contributed by atoms with van der Waals surface area (Å²) in [4.78, 5) is 11.4. The Morgan fingerprint density at radius 3 is 2.14 bits per heavy atom. The molecule has 0 aliphatic heterocycles. The summed E-state index contributed by atoms with van der Waals surface area (Å²) in [6.07, 6.45) is 3.48. The second-order valence-corrected chi connectivity index (χ2v) is 4.88. The van der Waals surface area contributed by atoms with Crippen LogP contribution in [0.1, 0.15) is 60.3 Å². The number of hydrogen-bond donors (Lipinski definition) is 0. The summed E-state index contributed by atoms with van der Waals surface area (Å²) >= 11 is 0. The van der Waals surface area contributed by atoms with E-state index in [1.807, 2.05) is 6.92 Å². The first-order chi connectivity index (χ1) is 6.41. The van der Waals surface area contributed by atoms with Crippen molar-refractivity contribution < 1.29 is 9.53 Å². The SMILES string of the molecule is CCCC(=O)OC(CCC)C(C)(C)C. The third-order valence-corrected chi connectivity index (χ3v) is 2.24. The molecule has 0 aromatic rings. The minimum atomic E-state index is -0.0547. The second kappa shape index (κ2) is 6.05. The standard InChI is InChI=1S/C12H24O2/c1-6-8-10(12(3,4)5)14-11(13)9-7-2/h10H,6-9H2,1-5H3. The molecule has 0 aliphatic rings. The molecule has 0 bridgehead atoms. The van der Waals surface area contributed by atoms with Gasteiger partial charge < -0.3 is 4.74 Å². The van der Waals surface area contributed by atoms with Crippen molar-refractivity contribution in [2.45, 2.75) is 66.4 Å². The largest absolute Gasteiger partial charge is 0.462 e. The summed E-state index contributed by atoms with van der Waals surface area (Å²) in [7, 11) is 0. The maximum atomic E-state index is 11.4. The van der Waals surface area contributed by atoms with E-state index in [-0.39, 0.29) is 17.5 Å². The van der Waals surface area contributed by atoms with Gasteiger partial charge in [0.2, 0.25) is 0 Å². The van der Waals surface area contributed by atoms with Gasteiger partial charge in [0.15, 0.2) is 0 Å². The first-order valence-electron chi connectivity index (χ1n) is 5.61. The number of esters is 1. The molecule has 0 fully saturated rings. The zero-order valence-corrected chi connectivity index (χ0v) is 10.2. The van der Waals surface area contributed by atoms with Crippen LogP contribution in [0.25, 0.3) is 0 Å². The maximum Gasteiger partial charge on any atom is 0.306 e. The van der Waals surface area contributed by atoms with Gasteiger partial charge in [-0.25, -0.2) is 0 Å². The van der Waals surface area contributed by atoms with E-state index in [0.29, 0.717) is 6.42 Å². The monoisotopic (exact) mass is 200 g/mol. The first kappa shape index (κ1) is 13.5. The van der Waals surface area contributed by atoms with Crippen LogP contribution in [0.5, 0.6) is 0 Å². The fourth-order valence-electron chi connectivity index (χ4n) is 1.35. The van der Waals surface area contributed by atoms with Gasteiger partial charge in [-0.15, -0.1) is 0 Å². The van der Waals surface area contributed by atoms with E-state index < -0.39 is 0 Å². The molecule has 0 aromatic heterocycles. The highest BCUT2D eigenvalue weighted by Crippen LogP contribution is 2.26. The lowest BCUT2D eigenvalue weighted by Gasteiger charge is -2.30. The topological polar surface area (TPSA) is 26.3 Å². The fraction of sp³-hybridized carbons (Fsp3) is 0.917. The smallest absolute Gasteiger partial charge is 0.306 e. The summed E-state index contributed by atoms with van der Waals surface area (Å²) in [6.45, 7) is 10.5. The minimum Gasteiger partial charge on any atom is -0.462 e. The molecule has 0 N–H and O–H groups in total. The second-order valence-electron chi connectivity index (χ2n) is 4.88. The van der Waals surface area contributed by atoms with Crippen molar-refractivity contribution in [1.29, 1.82) is 0 Å². The van der Waals surface area contributed by atoms with Gasteiger partial charge in [0.25, 0.3) is 0 Å². The van der Waals surface area contributed by atoms with Gasteiger partial charge in [0.05, 0.1) is 0 Å². The lowest BCUT2D eigenvalue weighted by atomic mass is 9.86. The average molecular weight is 200 g/mol. The van der Waals surface area contributed by atoms with Crippen LogP contribution in [0, 0.1) is 5.41 Å². The predicted molar refractivity (Wildman–Crippen MR) is 59.2 cm³/mol. The minimum absolute atomic E-state index is 0.0547. The van der Waals surface area contributed by atoms with Crippen LogP contribution < -0.4 is 0 Å². The van der Waals surface area contributed by atoms with Crippen molar-refractivity contribution in [3.05, 3.63) is 0 Å². The van der Waals surface area contributed by atoms with Crippen molar-refractivity contribution >= 4 is 5.97 Å². The van der Waals surface area contributed by atoms with Crippen LogP contribution in [0.3, 0.4) is 0 Å².